The van der Waals surface area contributed by atoms with Crippen molar-refractivity contribution in [1.82, 2.24) is 18.8 Å². The first-order valence-electron chi connectivity index (χ1n) is 8.92. The molecule has 2 rings (SSSR count). The molecule has 0 aromatic heterocycles. The number of hydrogen-bond acceptors (Lipinski definition) is 6. The van der Waals surface area contributed by atoms with E-state index in [1.165, 1.54) is 33.0 Å². The summed E-state index contributed by atoms with van der Waals surface area (Å²) in [5.41, 5.74) is -0.00577. The van der Waals surface area contributed by atoms with Crippen molar-refractivity contribution in [3.05, 3.63) is 0 Å². The van der Waals surface area contributed by atoms with E-state index in [1.54, 1.807) is 0 Å². The fourth-order valence-electron chi connectivity index (χ4n) is 3.37. The number of primary sulfonamides is 1. The van der Waals surface area contributed by atoms with E-state index in [1.807, 2.05) is 0 Å². The molecule has 0 aromatic carbocycles. The summed E-state index contributed by atoms with van der Waals surface area (Å²) in [5, 5.41) is 6.41. The molecule has 162 valence electrons. The van der Waals surface area contributed by atoms with E-state index in [9.17, 15) is 26.4 Å². The van der Waals surface area contributed by atoms with Gasteiger partial charge in [0.15, 0.2) is 5.25 Å². The first kappa shape index (κ1) is 23.0. The van der Waals surface area contributed by atoms with E-state index in [4.69, 9.17) is 5.14 Å². The van der Waals surface area contributed by atoms with Crippen LogP contribution in [0.5, 0.6) is 0 Å². The number of rotatable bonds is 8. The molecule has 1 saturated carbocycles. The second-order valence-corrected chi connectivity index (χ2v) is 12.0. The third kappa shape index (κ3) is 5.00. The zero-order valence-corrected chi connectivity index (χ0v) is 18.2. The number of sulfonamides is 1. The average Bonchev–Trinajstić information content (AvgIpc) is 3.22. The van der Waals surface area contributed by atoms with Gasteiger partial charge in [-0.15, -0.1) is 0 Å². The third-order valence-corrected chi connectivity index (χ3v) is 8.48. The lowest BCUT2D eigenvalue weighted by atomic mass is 10.0. The maximum atomic E-state index is 12.6. The lowest BCUT2D eigenvalue weighted by Crippen LogP contribution is -2.50. The summed E-state index contributed by atoms with van der Waals surface area (Å²) in [5.74, 6) is -1.07. The average molecular weight is 440 g/mol. The maximum Gasteiger partial charge on any atom is 0.281 e. The van der Waals surface area contributed by atoms with Gasteiger partial charge in [0, 0.05) is 40.3 Å². The van der Waals surface area contributed by atoms with Crippen molar-refractivity contribution in [2.45, 2.75) is 37.5 Å². The molecule has 1 aliphatic heterocycles. The topological polar surface area (TPSA) is 150 Å². The molecular formula is C15H29N5O6S2. The predicted molar refractivity (Wildman–Crippen MR) is 103 cm³/mol. The molecule has 1 saturated heterocycles. The molecule has 3 N–H and O–H groups in total. The van der Waals surface area contributed by atoms with Crippen LogP contribution in [0.25, 0.3) is 0 Å². The van der Waals surface area contributed by atoms with Gasteiger partial charge in [0.25, 0.3) is 10.2 Å². The standard InChI is InChI=1S/C15H29N5O6S2/c1-11(27(16,23)24)14(22)20-10-15(5-6-15)7-12(20)8-17-13(21)9-19(4)28(25,26)18(2)3/h11-12H,5-10H2,1-4H3,(H,17,21)(H2,16,23,24). The first-order chi connectivity index (χ1) is 12.7. The van der Waals surface area contributed by atoms with Crippen LogP contribution in [0.15, 0.2) is 0 Å². The Hall–Kier alpha value is -1.28. The Morgan fingerprint density at radius 2 is 1.79 bits per heavy atom. The first-order valence-corrected chi connectivity index (χ1v) is 11.9. The van der Waals surface area contributed by atoms with Gasteiger partial charge < -0.3 is 10.2 Å². The fraction of sp³-hybridized carbons (Fsp3) is 0.867. The molecular weight excluding hydrogens is 410 g/mol. The van der Waals surface area contributed by atoms with Crippen LogP contribution in [0.3, 0.4) is 0 Å². The number of likely N-dealkylation sites (N-methyl/N-ethyl adjacent to an activating group) is 1. The Bertz CT molecular complexity index is 837. The Morgan fingerprint density at radius 3 is 2.25 bits per heavy atom. The van der Waals surface area contributed by atoms with Crippen molar-refractivity contribution in [3.63, 3.8) is 0 Å². The molecule has 13 heteroatoms. The molecule has 0 aromatic rings. The second-order valence-electron chi connectivity index (χ2n) is 7.91. The van der Waals surface area contributed by atoms with Gasteiger partial charge in [-0.1, -0.05) is 0 Å². The third-order valence-electron chi connectivity index (χ3n) is 5.45. The molecule has 1 aliphatic carbocycles. The van der Waals surface area contributed by atoms with Crippen molar-refractivity contribution in [2.24, 2.45) is 10.6 Å². The molecule has 2 unspecified atom stereocenters. The number of nitrogens with two attached hydrogens (primary N) is 1. The molecule has 1 heterocycles. The van der Waals surface area contributed by atoms with Crippen molar-refractivity contribution in [3.8, 4) is 0 Å². The van der Waals surface area contributed by atoms with Crippen molar-refractivity contribution < 1.29 is 26.4 Å². The van der Waals surface area contributed by atoms with E-state index in [0.717, 1.165) is 21.5 Å². The van der Waals surface area contributed by atoms with E-state index in [0.29, 0.717) is 13.0 Å². The van der Waals surface area contributed by atoms with Gasteiger partial charge in [-0.3, -0.25) is 9.59 Å². The number of carbonyl (C=O) groups excluding carboxylic acids is 2. The Balaban J connectivity index is 1.99. The van der Waals surface area contributed by atoms with Crippen LogP contribution >= 0.6 is 0 Å². The summed E-state index contributed by atoms with van der Waals surface area (Å²) >= 11 is 0. The van der Waals surface area contributed by atoms with Crippen LogP contribution in [-0.2, 0) is 29.8 Å². The molecule has 2 atom stereocenters. The summed E-state index contributed by atoms with van der Waals surface area (Å²) in [6.45, 7) is 1.47. The van der Waals surface area contributed by atoms with Crippen LogP contribution < -0.4 is 10.5 Å². The maximum absolute atomic E-state index is 12.6. The summed E-state index contributed by atoms with van der Waals surface area (Å²) in [6, 6.07) is -0.348. The summed E-state index contributed by atoms with van der Waals surface area (Å²) in [4.78, 5) is 26.3. The number of carbonyl (C=O) groups is 2. The molecule has 2 fully saturated rings. The highest BCUT2D eigenvalue weighted by Crippen LogP contribution is 2.54. The Kier molecular flexibility index (Phi) is 6.46. The SMILES string of the molecule is CC(C(=O)N1CC2(CC2)CC1CNC(=O)CN(C)S(=O)(=O)N(C)C)S(N)(=O)=O. The van der Waals surface area contributed by atoms with Crippen molar-refractivity contribution >= 4 is 32.0 Å². The van der Waals surface area contributed by atoms with Crippen LogP contribution in [0.1, 0.15) is 26.2 Å². The molecule has 1 spiro atoms. The molecule has 2 aliphatic rings. The highest BCUT2D eigenvalue weighted by Gasteiger charge is 2.54. The molecule has 0 radical (unpaired) electrons. The Morgan fingerprint density at radius 1 is 1.21 bits per heavy atom. The normalized spacial score (nSPS) is 22.7. The molecule has 0 bridgehead atoms. The monoisotopic (exact) mass is 439 g/mol. The van der Waals surface area contributed by atoms with Gasteiger partial charge in [-0.2, -0.15) is 17.0 Å². The zero-order chi connectivity index (χ0) is 21.5. The van der Waals surface area contributed by atoms with Gasteiger partial charge in [-0.25, -0.2) is 13.6 Å². The largest absolute Gasteiger partial charge is 0.353 e. The number of hydrogen-bond donors (Lipinski definition) is 2. The predicted octanol–water partition coefficient (Wildman–Crippen LogP) is -2.10. The van der Waals surface area contributed by atoms with Gasteiger partial charge in [0.2, 0.25) is 21.8 Å². The lowest BCUT2D eigenvalue weighted by Gasteiger charge is -2.27. The summed E-state index contributed by atoms with van der Waals surface area (Å²) in [7, 11) is -3.68. The summed E-state index contributed by atoms with van der Waals surface area (Å²) < 4.78 is 49.0. The number of nitrogens with zero attached hydrogens (tertiary/aromatic N) is 3. The molecule has 11 nitrogen and oxygen atoms in total. The quantitative estimate of drug-likeness (QED) is 0.442. The number of likely N-dealkylation sites (tertiary alicyclic amines) is 1. The highest BCUT2D eigenvalue weighted by atomic mass is 32.2. The summed E-state index contributed by atoms with van der Waals surface area (Å²) in [6.07, 6.45) is 2.58. The minimum Gasteiger partial charge on any atom is -0.353 e. The number of nitrogens with one attached hydrogen (secondary N) is 1. The molecule has 28 heavy (non-hydrogen) atoms. The number of amides is 2. The fourth-order valence-corrected chi connectivity index (χ4v) is 4.62. The van der Waals surface area contributed by atoms with Crippen LogP contribution in [0.4, 0.5) is 0 Å². The van der Waals surface area contributed by atoms with Crippen molar-refractivity contribution in [2.75, 3.05) is 40.8 Å². The molecule has 2 amide bonds. The van der Waals surface area contributed by atoms with Gasteiger partial charge in [0.1, 0.15) is 0 Å². The lowest BCUT2D eigenvalue weighted by molar-refractivity contribution is -0.132. The minimum absolute atomic E-state index is 0.00577. The van der Waals surface area contributed by atoms with Gasteiger partial charge >= 0.3 is 0 Å². The van der Waals surface area contributed by atoms with Crippen LogP contribution in [0.2, 0.25) is 0 Å². The van der Waals surface area contributed by atoms with E-state index in [2.05, 4.69) is 5.32 Å². The van der Waals surface area contributed by atoms with Crippen LogP contribution in [0, 0.1) is 5.41 Å². The van der Waals surface area contributed by atoms with E-state index < -0.39 is 37.3 Å². The van der Waals surface area contributed by atoms with Crippen LogP contribution in [-0.4, -0.2) is 94.2 Å². The van der Waals surface area contributed by atoms with E-state index in [-0.39, 0.29) is 24.5 Å². The smallest absolute Gasteiger partial charge is 0.281 e. The van der Waals surface area contributed by atoms with Crippen molar-refractivity contribution in [1.29, 1.82) is 0 Å². The highest BCUT2D eigenvalue weighted by molar-refractivity contribution is 7.90. The Labute approximate surface area is 166 Å². The van der Waals surface area contributed by atoms with Gasteiger partial charge in [0.05, 0.1) is 6.54 Å². The second kappa shape index (κ2) is 7.86. The minimum atomic E-state index is -4.01. The zero-order valence-electron chi connectivity index (χ0n) is 16.6. The van der Waals surface area contributed by atoms with Gasteiger partial charge in [-0.05, 0) is 31.6 Å². The van der Waals surface area contributed by atoms with E-state index >= 15 is 0 Å².